The molecular weight excluding hydrogens is 282 g/mol. The molecule has 0 aromatic carbocycles. The number of nitrogens with zero attached hydrogens (tertiary/aromatic N) is 3. The lowest BCUT2D eigenvalue weighted by atomic mass is 9.94. The number of aromatic nitrogens is 2. The molecule has 1 saturated heterocycles. The van der Waals surface area contributed by atoms with E-state index in [4.69, 9.17) is 5.11 Å². The summed E-state index contributed by atoms with van der Waals surface area (Å²) >= 11 is 0. The van der Waals surface area contributed by atoms with Gasteiger partial charge in [0.25, 0.3) is 5.91 Å². The summed E-state index contributed by atoms with van der Waals surface area (Å²) in [5.74, 6) is -0.160. The smallest absolute Gasteiger partial charge is 0.352 e. The second kappa shape index (κ2) is 4.83. The standard InChI is InChI=1S/C16H17N3O3/c20-15-11(12-5-6-13(16(21)22)19(12)15)8-10-9-18-7-3-1-2-4-14(18)17-10/h6,8-9,12H,1-5,7H2,(H,21,22)/b11-8+. The van der Waals surface area contributed by atoms with Gasteiger partial charge in [0, 0.05) is 24.7 Å². The Bertz CT molecular complexity index is 705. The molecule has 0 aliphatic carbocycles. The lowest BCUT2D eigenvalue weighted by Gasteiger charge is -2.38. The molecule has 0 radical (unpaired) electrons. The van der Waals surface area contributed by atoms with Crippen LogP contribution in [0.2, 0.25) is 0 Å². The molecular formula is C16H17N3O3. The molecule has 0 spiro atoms. The highest BCUT2D eigenvalue weighted by atomic mass is 16.4. The van der Waals surface area contributed by atoms with Gasteiger partial charge in [-0.15, -0.1) is 0 Å². The number of aliphatic carboxylic acids is 1. The number of rotatable bonds is 2. The Morgan fingerprint density at radius 1 is 1.36 bits per heavy atom. The summed E-state index contributed by atoms with van der Waals surface area (Å²) in [5, 5.41) is 9.07. The van der Waals surface area contributed by atoms with Crippen molar-refractivity contribution < 1.29 is 14.7 Å². The van der Waals surface area contributed by atoms with Crippen LogP contribution in [0.3, 0.4) is 0 Å². The molecule has 3 aliphatic heterocycles. The predicted octanol–water partition coefficient (Wildman–Crippen LogP) is 1.58. The molecule has 0 bridgehead atoms. The minimum Gasteiger partial charge on any atom is -0.477 e. The van der Waals surface area contributed by atoms with Crippen LogP contribution in [0.4, 0.5) is 0 Å². The quantitative estimate of drug-likeness (QED) is 0.664. The van der Waals surface area contributed by atoms with E-state index in [9.17, 15) is 9.59 Å². The monoisotopic (exact) mass is 299 g/mol. The third-order valence-electron chi connectivity index (χ3n) is 4.63. The molecule has 114 valence electrons. The van der Waals surface area contributed by atoms with E-state index in [-0.39, 0.29) is 17.6 Å². The van der Waals surface area contributed by atoms with Crippen molar-refractivity contribution in [3.05, 3.63) is 35.1 Å². The highest BCUT2D eigenvalue weighted by Gasteiger charge is 2.48. The van der Waals surface area contributed by atoms with Crippen LogP contribution in [0.15, 0.2) is 23.5 Å². The summed E-state index contributed by atoms with van der Waals surface area (Å²) in [6.07, 6.45) is 10.6. The van der Waals surface area contributed by atoms with E-state index >= 15 is 0 Å². The number of amides is 1. The minimum absolute atomic E-state index is 0.104. The SMILES string of the molecule is O=C(O)C1=CCC2/C(=C\c3cn4c(n3)CCCCC4)C(=O)N12. The van der Waals surface area contributed by atoms with Crippen molar-refractivity contribution in [2.24, 2.45) is 0 Å². The summed E-state index contributed by atoms with van der Waals surface area (Å²) < 4.78 is 2.18. The maximum Gasteiger partial charge on any atom is 0.352 e. The molecule has 1 N–H and O–H groups in total. The molecule has 1 aromatic heterocycles. The summed E-state index contributed by atoms with van der Waals surface area (Å²) in [7, 11) is 0. The Morgan fingerprint density at radius 2 is 2.23 bits per heavy atom. The van der Waals surface area contributed by atoms with Gasteiger partial charge >= 0.3 is 5.97 Å². The Hall–Kier alpha value is -2.37. The van der Waals surface area contributed by atoms with E-state index in [1.807, 2.05) is 12.3 Å². The van der Waals surface area contributed by atoms with Crippen LogP contribution < -0.4 is 0 Å². The zero-order valence-corrected chi connectivity index (χ0v) is 12.2. The van der Waals surface area contributed by atoms with Crippen LogP contribution in [-0.2, 0) is 22.6 Å². The fourth-order valence-electron chi connectivity index (χ4n) is 3.52. The highest BCUT2D eigenvalue weighted by molar-refractivity contribution is 6.10. The first-order chi connectivity index (χ1) is 10.6. The second-order valence-corrected chi connectivity index (χ2v) is 6.01. The number of imidazole rings is 1. The van der Waals surface area contributed by atoms with Gasteiger partial charge in [-0.25, -0.2) is 9.78 Å². The van der Waals surface area contributed by atoms with Crippen molar-refractivity contribution in [3.63, 3.8) is 0 Å². The largest absolute Gasteiger partial charge is 0.477 e. The molecule has 6 heteroatoms. The molecule has 22 heavy (non-hydrogen) atoms. The van der Waals surface area contributed by atoms with Gasteiger partial charge in [-0.05, 0) is 25.3 Å². The average Bonchev–Trinajstić information content (AvgIpc) is 3.00. The van der Waals surface area contributed by atoms with Gasteiger partial charge in [0.05, 0.1) is 11.7 Å². The molecule has 3 aliphatic rings. The number of hydrogen-bond acceptors (Lipinski definition) is 3. The van der Waals surface area contributed by atoms with E-state index < -0.39 is 5.97 Å². The topological polar surface area (TPSA) is 75.4 Å². The van der Waals surface area contributed by atoms with Crippen molar-refractivity contribution in [3.8, 4) is 0 Å². The van der Waals surface area contributed by atoms with Crippen LogP contribution in [0.25, 0.3) is 6.08 Å². The second-order valence-electron chi connectivity index (χ2n) is 6.01. The number of β-lactam (4-membered cyclic amide) rings is 1. The number of carboxylic acid groups (broad SMARTS) is 1. The molecule has 0 saturated carbocycles. The third-order valence-corrected chi connectivity index (χ3v) is 4.63. The average molecular weight is 299 g/mol. The predicted molar refractivity (Wildman–Crippen MR) is 78.7 cm³/mol. The van der Waals surface area contributed by atoms with Crippen LogP contribution in [0, 0.1) is 0 Å². The maximum atomic E-state index is 12.2. The fraction of sp³-hybridized carbons (Fsp3) is 0.438. The minimum atomic E-state index is -1.04. The van der Waals surface area contributed by atoms with E-state index in [0.717, 1.165) is 30.9 Å². The number of carbonyl (C=O) groups excluding carboxylic acids is 1. The van der Waals surface area contributed by atoms with Crippen molar-refractivity contribution >= 4 is 18.0 Å². The van der Waals surface area contributed by atoms with E-state index in [2.05, 4.69) is 9.55 Å². The fourth-order valence-corrected chi connectivity index (χ4v) is 3.52. The molecule has 6 nitrogen and oxygen atoms in total. The summed E-state index contributed by atoms with van der Waals surface area (Å²) in [6.45, 7) is 0.986. The first-order valence-electron chi connectivity index (χ1n) is 7.70. The number of carboxylic acids is 1. The Kier molecular flexibility index (Phi) is 2.92. The summed E-state index contributed by atoms with van der Waals surface area (Å²) in [5.41, 5.74) is 1.58. The number of fused-ring (bicyclic) bond motifs is 2. The van der Waals surface area contributed by atoms with Gasteiger partial charge in [0.2, 0.25) is 0 Å². The van der Waals surface area contributed by atoms with E-state index in [1.54, 1.807) is 6.08 Å². The summed E-state index contributed by atoms with van der Waals surface area (Å²) in [4.78, 5) is 29.2. The van der Waals surface area contributed by atoms with Crippen molar-refractivity contribution in [2.45, 2.75) is 44.7 Å². The first-order valence-corrected chi connectivity index (χ1v) is 7.70. The van der Waals surface area contributed by atoms with Gasteiger partial charge in [-0.3, -0.25) is 9.69 Å². The zero-order chi connectivity index (χ0) is 15.3. The normalized spacial score (nSPS) is 25.4. The van der Waals surface area contributed by atoms with E-state index in [0.29, 0.717) is 12.0 Å². The molecule has 4 rings (SSSR count). The Morgan fingerprint density at radius 3 is 3.05 bits per heavy atom. The number of carbonyl (C=O) groups is 2. The summed E-state index contributed by atoms with van der Waals surface area (Å²) in [6, 6.07) is -0.125. The van der Waals surface area contributed by atoms with Crippen LogP contribution in [0.5, 0.6) is 0 Å². The maximum absolute atomic E-state index is 12.2. The Labute approximate surface area is 127 Å². The molecule has 1 unspecified atom stereocenters. The highest BCUT2D eigenvalue weighted by Crippen LogP contribution is 2.38. The lowest BCUT2D eigenvalue weighted by Crippen LogP contribution is -2.52. The first kappa shape index (κ1) is 13.3. The number of hydrogen-bond donors (Lipinski definition) is 1. The van der Waals surface area contributed by atoms with Crippen LogP contribution in [0.1, 0.15) is 37.2 Å². The lowest BCUT2D eigenvalue weighted by molar-refractivity contribution is -0.142. The third kappa shape index (κ3) is 1.90. The van der Waals surface area contributed by atoms with Gasteiger partial charge < -0.3 is 9.67 Å². The Balaban J connectivity index is 1.58. The van der Waals surface area contributed by atoms with Gasteiger partial charge in [-0.1, -0.05) is 12.5 Å². The molecule has 1 amide bonds. The zero-order valence-electron chi connectivity index (χ0n) is 12.2. The van der Waals surface area contributed by atoms with Crippen molar-refractivity contribution in [1.29, 1.82) is 0 Å². The number of aryl methyl sites for hydroxylation is 2. The van der Waals surface area contributed by atoms with E-state index in [1.165, 1.54) is 17.7 Å². The van der Waals surface area contributed by atoms with Crippen molar-refractivity contribution in [2.75, 3.05) is 0 Å². The molecule has 1 atom stereocenters. The molecule has 1 fully saturated rings. The van der Waals surface area contributed by atoms with Gasteiger partial charge in [-0.2, -0.15) is 0 Å². The van der Waals surface area contributed by atoms with Crippen LogP contribution in [-0.4, -0.2) is 37.5 Å². The van der Waals surface area contributed by atoms with Gasteiger partial charge in [0.15, 0.2) is 0 Å². The van der Waals surface area contributed by atoms with Crippen LogP contribution >= 0.6 is 0 Å². The van der Waals surface area contributed by atoms with Crippen molar-refractivity contribution in [1.82, 2.24) is 14.5 Å². The van der Waals surface area contributed by atoms with Gasteiger partial charge in [0.1, 0.15) is 11.5 Å². The molecule has 1 aromatic rings. The molecule has 4 heterocycles.